The third-order valence-corrected chi connectivity index (χ3v) is 3.71. The molecule has 0 saturated carbocycles. The number of likely N-dealkylation sites (N-methyl/N-ethyl adjacent to an activating group) is 1. The zero-order chi connectivity index (χ0) is 13.0. The monoisotopic (exact) mass is 250 g/mol. The Bertz CT molecular complexity index is 372. The van der Waals surface area contributed by atoms with Crippen molar-refractivity contribution in [1.29, 1.82) is 0 Å². The molecule has 1 aliphatic heterocycles. The first-order valence-corrected chi connectivity index (χ1v) is 6.77. The number of hydrogen-bond acceptors (Lipinski definition) is 3. The molecule has 1 aliphatic rings. The number of H-pyrrole nitrogens is 1. The molecule has 5 heteroatoms. The van der Waals surface area contributed by atoms with E-state index in [0.29, 0.717) is 6.54 Å². The van der Waals surface area contributed by atoms with Gasteiger partial charge in [0.2, 0.25) is 5.91 Å². The van der Waals surface area contributed by atoms with Crippen LogP contribution in [0.25, 0.3) is 0 Å². The fraction of sp³-hybridized carbons (Fsp3) is 0.692. The van der Waals surface area contributed by atoms with Gasteiger partial charge in [0.25, 0.3) is 0 Å². The van der Waals surface area contributed by atoms with Gasteiger partial charge in [0.05, 0.1) is 18.3 Å². The first kappa shape index (κ1) is 13.1. The van der Waals surface area contributed by atoms with Crippen LogP contribution in [0.1, 0.15) is 38.4 Å². The van der Waals surface area contributed by atoms with E-state index in [2.05, 4.69) is 28.9 Å². The molecule has 1 fully saturated rings. The highest BCUT2D eigenvalue weighted by Gasteiger charge is 2.30. The van der Waals surface area contributed by atoms with Crippen LogP contribution in [0.5, 0.6) is 0 Å². The van der Waals surface area contributed by atoms with Gasteiger partial charge < -0.3 is 4.90 Å². The summed E-state index contributed by atoms with van der Waals surface area (Å²) in [4.78, 5) is 16.5. The zero-order valence-electron chi connectivity index (χ0n) is 11.2. The average molecular weight is 250 g/mol. The Balaban J connectivity index is 2.01. The van der Waals surface area contributed by atoms with Gasteiger partial charge in [0.15, 0.2) is 0 Å². The van der Waals surface area contributed by atoms with Gasteiger partial charge in [-0.1, -0.05) is 13.8 Å². The molecule has 18 heavy (non-hydrogen) atoms. The summed E-state index contributed by atoms with van der Waals surface area (Å²) in [6.45, 7) is 7.41. The number of amides is 1. The highest BCUT2D eigenvalue weighted by molar-refractivity contribution is 5.79. The van der Waals surface area contributed by atoms with Crippen molar-refractivity contribution in [2.45, 2.75) is 32.7 Å². The predicted molar refractivity (Wildman–Crippen MR) is 70.1 cm³/mol. The summed E-state index contributed by atoms with van der Waals surface area (Å²) in [7, 11) is 0. The van der Waals surface area contributed by atoms with Crippen LogP contribution in [-0.2, 0) is 4.79 Å². The molecular formula is C13H22N4O. The van der Waals surface area contributed by atoms with Gasteiger partial charge in [0.1, 0.15) is 0 Å². The van der Waals surface area contributed by atoms with E-state index in [1.54, 1.807) is 6.20 Å². The normalized spacial score (nSPS) is 19.7. The summed E-state index contributed by atoms with van der Waals surface area (Å²) < 4.78 is 0. The fourth-order valence-corrected chi connectivity index (χ4v) is 2.57. The van der Waals surface area contributed by atoms with Crippen LogP contribution in [0.4, 0.5) is 0 Å². The van der Waals surface area contributed by atoms with Crippen LogP contribution >= 0.6 is 0 Å². The van der Waals surface area contributed by atoms with Gasteiger partial charge in [-0.25, -0.2) is 0 Å². The van der Waals surface area contributed by atoms with E-state index >= 15 is 0 Å². The van der Waals surface area contributed by atoms with Crippen LogP contribution in [0.2, 0.25) is 0 Å². The summed E-state index contributed by atoms with van der Waals surface area (Å²) in [6.07, 6.45) is 3.86. The number of nitrogens with zero attached hydrogens (tertiary/aromatic N) is 3. The Labute approximate surface area is 108 Å². The Morgan fingerprint density at radius 2 is 2.33 bits per heavy atom. The molecule has 5 nitrogen and oxygen atoms in total. The highest BCUT2D eigenvalue weighted by atomic mass is 16.2. The van der Waals surface area contributed by atoms with E-state index in [-0.39, 0.29) is 11.9 Å². The third-order valence-electron chi connectivity index (χ3n) is 3.71. The van der Waals surface area contributed by atoms with Crippen molar-refractivity contribution in [1.82, 2.24) is 20.0 Å². The Morgan fingerprint density at radius 3 is 2.94 bits per heavy atom. The Kier molecular flexibility index (Phi) is 4.36. The van der Waals surface area contributed by atoms with Gasteiger partial charge in [-0.05, 0) is 32.0 Å². The molecule has 0 radical (unpaired) electrons. The minimum absolute atomic E-state index is 0.190. The summed E-state index contributed by atoms with van der Waals surface area (Å²) in [6, 6.07) is 2.16. The van der Waals surface area contributed by atoms with Crippen LogP contribution in [0.3, 0.4) is 0 Å². The second-order valence-corrected chi connectivity index (χ2v) is 4.72. The number of hydrogen-bond donors (Lipinski definition) is 1. The van der Waals surface area contributed by atoms with Gasteiger partial charge in [-0.2, -0.15) is 5.10 Å². The predicted octanol–water partition coefficient (Wildman–Crippen LogP) is 1.41. The number of carbonyl (C=O) groups is 1. The molecule has 2 heterocycles. The lowest BCUT2D eigenvalue weighted by Gasteiger charge is -2.27. The molecule has 1 saturated heterocycles. The molecular weight excluding hydrogens is 228 g/mol. The number of nitrogens with one attached hydrogen (secondary N) is 1. The number of rotatable bonds is 5. The average Bonchev–Trinajstić information content (AvgIpc) is 3.04. The van der Waals surface area contributed by atoms with Crippen molar-refractivity contribution in [3.05, 3.63) is 18.0 Å². The van der Waals surface area contributed by atoms with Gasteiger partial charge in [0, 0.05) is 12.7 Å². The minimum Gasteiger partial charge on any atom is -0.333 e. The SMILES string of the molecule is CCN(CC)CC(=O)N1CCCC1c1ccn[nH]1. The van der Waals surface area contributed by atoms with E-state index < -0.39 is 0 Å². The smallest absolute Gasteiger partial charge is 0.237 e. The van der Waals surface area contributed by atoms with Crippen LogP contribution < -0.4 is 0 Å². The number of carbonyl (C=O) groups excluding carboxylic acids is 1. The molecule has 1 amide bonds. The molecule has 1 unspecified atom stereocenters. The molecule has 0 aromatic carbocycles. The molecule has 1 N–H and O–H groups in total. The quantitative estimate of drug-likeness (QED) is 0.859. The molecule has 100 valence electrons. The lowest BCUT2D eigenvalue weighted by Crippen LogP contribution is -2.40. The Hall–Kier alpha value is -1.36. The number of aromatic nitrogens is 2. The topological polar surface area (TPSA) is 52.2 Å². The number of likely N-dealkylation sites (tertiary alicyclic amines) is 1. The van der Waals surface area contributed by atoms with E-state index in [9.17, 15) is 4.79 Å². The van der Waals surface area contributed by atoms with E-state index in [4.69, 9.17) is 0 Å². The minimum atomic E-state index is 0.190. The Morgan fingerprint density at radius 1 is 1.56 bits per heavy atom. The third kappa shape index (κ3) is 2.72. The molecule has 0 aliphatic carbocycles. The van der Waals surface area contributed by atoms with Crippen molar-refractivity contribution >= 4 is 5.91 Å². The van der Waals surface area contributed by atoms with Gasteiger partial charge in [-0.15, -0.1) is 0 Å². The first-order valence-electron chi connectivity index (χ1n) is 6.77. The lowest BCUT2D eigenvalue weighted by atomic mass is 10.1. The van der Waals surface area contributed by atoms with Crippen molar-refractivity contribution in [2.75, 3.05) is 26.2 Å². The van der Waals surface area contributed by atoms with Crippen molar-refractivity contribution < 1.29 is 4.79 Å². The maximum atomic E-state index is 12.3. The van der Waals surface area contributed by atoms with Crippen molar-refractivity contribution in [3.63, 3.8) is 0 Å². The summed E-state index contributed by atoms with van der Waals surface area (Å²) in [5, 5.41) is 6.97. The van der Waals surface area contributed by atoms with E-state index in [1.165, 1.54) is 0 Å². The lowest BCUT2D eigenvalue weighted by molar-refractivity contribution is -0.133. The maximum absolute atomic E-state index is 12.3. The van der Waals surface area contributed by atoms with E-state index in [1.807, 2.05) is 11.0 Å². The molecule has 1 atom stereocenters. The molecule has 0 spiro atoms. The standard InChI is InChI=1S/C13H22N4O/c1-3-16(4-2)10-13(18)17-9-5-6-12(17)11-7-8-14-15-11/h7-8,12H,3-6,9-10H2,1-2H3,(H,14,15). The summed E-state index contributed by atoms with van der Waals surface area (Å²) >= 11 is 0. The van der Waals surface area contributed by atoms with Crippen LogP contribution in [0, 0.1) is 0 Å². The highest BCUT2D eigenvalue weighted by Crippen LogP contribution is 2.30. The van der Waals surface area contributed by atoms with E-state index in [0.717, 1.165) is 38.2 Å². The zero-order valence-corrected chi connectivity index (χ0v) is 11.2. The number of aromatic amines is 1. The molecule has 1 aromatic rings. The molecule has 1 aromatic heterocycles. The maximum Gasteiger partial charge on any atom is 0.237 e. The summed E-state index contributed by atoms with van der Waals surface area (Å²) in [5.74, 6) is 0.232. The summed E-state index contributed by atoms with van der Waals surface area (Å²) in [5.41, 5.74) is 1.06. The molecule has 0 bridgehead atoms. The largest absolute Gasteiger partial charge is 0.333 e. The first-order chi connectivity index (χ1) is 8.76. The van der Waals surface area contributed by atoms with Gasteiger partial charge in [-0.3, -0.25) is 14.8 Å². The molecule has 2 rings (SSSR count). The fourth-order valence-electron chi connectivity index (χ4n) is 2.57. The van der Waals surface area contributed by atoms with Crippen molar-refractivity contribution in [3.8, 4) is 0 Å². The van der Waals surface area contributed by atoms with Crippen LogP contribution in [0.15, 0.2) is 12.3 Å². The second-order valence-electron chi connectivity index (χ2n) is 4.72. The second kappa shape index (κ2) is 6.00. The van der Waals surface area contributed by atoms with Gasteiger partial charge >= 0.3 is 0 Å². The van der Waals surface area contributed by atoms with Crippen LogP contribution in [-0.4, -0.2) is 52.1 Å². The van der Waals surface area contributed by atoms with Crippen molar-refractivity contribution in [2.24, 2.45) is 0 Å².